The Bertz CT molecular complexity index is 527. The van der Waals surface area contributed by atoms with Crippen LogP contribution in [0.5, 0.6) is 11.5 Å². The van der Waals surface area contributed by atoms with Crippen LogP contribution in [0, 0.1) is 0 Å². The number of carbonyl (C=O) groups is 1. The molecule has 0 aliphatic rings. The Hall–Kier alpha value is -2.07. The molecule has 0 aliphatic carbocycles. The van der Waals surface area contributed by atoms with Gasteiger partial charge in [0.15, 0.2) is 0 Å². The van der Waals surface area contributed by atoms with Crippen LogP contribution >= 0.6 is 11.3 Å². The van der Waals surface area contributed by atoms with E-state index >= 15 is 0 Å². The van der Waals surface area contributed by atoms with Crippen molar-refractivity contribution < 1.29 is 14.3 Å². The highest BCUT2D eigenvalue weighted by Crippen LogP contribution is 2.17. The Balaban J connectivity index is 1.94. The zero-order chi connectivity index (χ0) is 12.8. The third-order valence-corrected chi connectivity index (χ3v) is 2.93. The Labute approximate surface area is 109 Å². The molecule has 0 saturated heterocycles. The summed E-state index contributed by atoms with van der Waals surface area (Å²) in [6.45, 7) is 0. The van der Waals surface area contributed by atoms with Crippen LogP contribution in [0.1, 0.15) is 5.56 Å². The first-order valence-corrected chi connectivity index (χ1v) is 6.28. The van der Waals surface area contributed by atoms with Crippen molar-refractivity contribution in [2.24, 2.45) is 0 Å². The van der Waals surface area contributed by atoms with E-state index in [4.69, 9.17) is 9.47 Å². The quantitative estimate of drug-likeness (QED) is 0.480. The summed E-state index contributed by atoms with van der Waals surface area (Å²) < 4.78 is 10.2. The molecule has 0 fully saturated rings. The lowest BCUT2D eigenvalue weighted by molar-refractivity contribution is -0.128. The summed E-state index contributed by atoms with van der Waals surface area (Å²) in [6, 6.07) is 8.79. The highest BCUT2D eigenvalue weighted by atomic mass is 32.1. The van der Waals surface area contributed by atoms with Crippen molar-refractivity contribution in [1.82, 2.24) is 0 Å². The van der Waals surface area contributed by atoms with Gasteiger partial charge in [-0.25, -0.2) is 4.79 Å². The van der Waals surface area contributed by atoms with Crippen molar-refractivity contribution >= 4 is 23.4 Å². The average molecular weight is 260 g/mol. The van der Waals surface area contributed by atoms with E-state index in [1.807, 2.05) is 16.8 Å². The van der Waals surface area contributed by atoms with Crippen molar-refractivity contribution in [3.63, 3.8) is 0 Å². The number of esters is 1. The molecule has 0 unspecified atom stereocenters. The third-order valence-electron chi connectivity index (χ3n) is 2.23. The van der Waals surface area contributed by atoms with E-state index in [0.29, 0.717) is 5.75 Å². The zero-order valence-electron chi connectivity index (χ0n) is 9.83. The summed E-state index contributed by atoms with van der Waals surface area (Å²) in [4.78, 5) is 11.5. The van der Waals surface area contributed by atoms with Crippen molar-refractivity contribution in [2.75, 3.05) is 7.11 Å². The van der Waals surface area contributed by atoms with E-state index in [-0.39, 0.29) is 0 Å². The molecule has 2 aromatic rings. The molecule has 4 heteroatoms. The fraction of sp³-hybridized carbons (Fsp3) is 0.0714. The zero-order valence-corrected chi connectivity index (χ0v) is 10.6. The normalized spacial score (nSPS) is 10.5. The van der Waals surface area contributed by atoms with E-state index in [2.05, 4.69) is 0 Å². The van der Waals surface area contributed by atoms with Crippen molar-refractivity contribution in [2.45, 2.75) is 0 Å². The molecule has 1 aromatic carbocycles. The molecule has 0 atom stereocenters. The topological polar surface area (TPSA) is 35.5 Å². The van der Waals surface area contributed by atoms with Gasteiger partial charge in [0, 0.05) is 6.08 Å². The number of hydrogen-bond acceptors (Lipinski definition) is 4. The molecule has 3 nitrogen and oxygen atoms in total. The summed E-state index contributed by atoms with van der Waals surface area (Å²) in [7, 11) is 1.59. The van der Waals surface area contributed by atoms with Gasteiger partial charge in [0.1, 0.15) is 11.5 Å². The molecule has 0 amide bonds. The number of thiophene rings is 1. The van der Waals surface area contributed by atoms with E-state index in [1.165, 1.54) is 6.08 Å². The van der Waals surface area contributed by atoms with Crippen LogP contribution in [-0.4, -0.2) is 13.1 Å². The van der Waals surface area contributed by atoms with Gasteiger partial charge in [-0.15, -0.1) is 0 Å². The maximum atomic E-state index is 11.5. The summed E-state index contributed by atoms with van der Waals surface area (Å²) >= 11 is 1.58. The van der Waals surface area contributed by atoms with E-state index in [1.54, 1.807) is 48.8 Å². The van der Waals surface area contributed by atoms with Crippen LogP contribution in [0.25, 0.3) is 6.08 Å². The van der Waals surface area contributed by atoms with Gasteiger partial charge in [-0.3, -0.25) is 0 Å². The molecule has 92 valence electrons. The van der Waals surface area contributed by atoms with Gasteiger partial charge in [-0.05, 0) is 52.7 Å². The van der Waals surface area contributed by atoms with Crippen LogP contribution in [0.4, 0.5) is 0 Å². The van der Waals surface area contributed by atoms with Crippen LogP contribution in [-0.2, 0) is 4.79 Å². The summed E-state index contributed by atoms with van der Waals surface area (Å²) in [6.07, 6.45) is 3.13. The van der Waals surface area contributed by atoms with Crippen LogP contribution < -0.4 is 9.47 Å². The molecule has 1 heterocycles. The Morgan fingerprint density at radius 1 is 1.17 bits per heavy atom. The predicted octanol–water partition coefficient (Wildman–Crippen LogP) is 3.38. The second-order valence-electron chi connectivity index (χ2n) is 3.49. The lowest BCUT2D eigenvalue weighted by Gasteiger charge is -2.02. The number of rotatable bonds is 4. The Morgan fingerprint density at radius 3 is 2.50 bits per heavy atom. The van der Waals surface area contributed by atoms with E-state index in [0.717, 1.165) is 11.3 Å². The van der Waals surface area contributed by atoms with Gasteiger partial charge >= 0.3 is 5.97 Å². The number of benzene rings is 1. The minimum atomic E-state index is -0.397. The molecule has 0 radical (unpaired) electrons. The summed E-state index contributed by atoms with van der Waals surface area (Å²) in [5, 5.41) is 3.91. The van der Waals surface area contributed by atoms with Gasteiger partial charge < -0.3 is 9.47 Å². The number of ether oxygens (including phenoxy) is 2. The molecule has 18 heavy (non-hydrogen) atoms. The minimum Gasteiger partial charge on any atom is -0.497 e. The van der Waals surface area contributed by atoms with Gasteiger partial charge in [0.2, 0.25) is 0 Å². The standard InChI is InChI=1S/C14H12O3S/c1-16-12-3-5-13(6-4-12)17-14(15)7-2-11-8-9-18-10-11/h2-10H,1H3/b7-2+. The fourth-order valence-corrected chi connectivity index (χ4v) is 1.96. The fourth-order valence-electron chi connectivity index (χ4n) is 1.33. The maximum Gasteiger partial charge on any atom is 0.336 e. The minimum absolute atomic E-state index is 0.397. The first kappa shape index (κ1) is 12.4. The Morgan fingerprint density at radius 2 is 1.89 bits per heavy atom. The number of hydrogen-bond donors (Lipinski definition) is 0. The molecule has 0 N–H and O–H groups in total. The first-order chi connectivity index (χ1) is 8.78. The smallest absolute Gasteiger partial charge is 0.336 e. The van der Waals surface area contributed by atoms with Gasteiger partial charge in [-0.1, -0.05) is 0 Å². The average Bonchev–Trinajstić information content (AvgIpc) is 2.90. The second-order valence-corrected chi connectivity index (χ2v) is 4.27. The second kappa shape index (κ2) is 6.02. The van der Waals surface area contributed by atoms with Gasteiger partial charge in [0.25, 0.3) is 0 Å². The lowest BCUT2D eigenvalue weighted by atomic mass is 10.3. The summed E-state index contributed by atoms with van der Waals surface area (Å²) in [5.41, 5.74) is 0.992. The molecular weight excluding hydrogens is 248 g/mol. The first-order valence-electron chi connectivity index (χ1n) is 5.34. The predicted molar refractivity (Wildman–Crippen MR) is 72.0 cm³/mol. The van der Waals surface area contributed by atoms with Gasteiger partial charge in [-0.2, -0.15) is 11.3 Å². The molecule has 1 aromatic heterocycles. The molecule has 0 spiro atoms. The van der Waals surface area contributed by atoms with E-state index < -0.39 is 5.97 Å². The van der Waals surface area contributed by atoms with Crippen molar-refractivity contribution in [1.29, 1.82) is 0 Å². The van der Waals surface area contributed by atoms with Crippen molar-refractivity contribution in [3.8, 4) is 11.5 Å². The third kappa shape index (κ3) is 3.46. The number of methoxy groups -OCH3 is 1. The molecule has 2 rings (SSSR count). The van der Waals surface area contributed by atoms with Crippen LogP contribution in [0.3, 0.4) is 0 Å². The van der Waals surface area contributed by atoms with Crippen LogP contribution in [0.15, 0.2) is 47.2 Å². The highest BCUT2D eigenvalue weighted by Gasteiger charge is 2.00. The largest absolute Gasteiger partial charge is 0.497 e. The van der Waals surface area contributed by atoms with Crippen LogP contribution in [0.2, 0.25) is 0 Å². The maximum absolute atomic E-state index is 11.5. The SMILES string of the molecule is COc1ccc(OC(=O)/C=C/c2ccsc2)cc1. The molecular formula is C14H12O3S. The van der Waals surface area contributed by atoms with E-state index in [9.17, 15) is 4.79 Å². The number of carbonyl (C=O) groups excluding carboxylic acids is 1. The van der Waals surface area contributed by atoms with Crippen molar-refractivity contribution in [3.05, 3.63) is 52.7 Å². The lowest BCUT2D eigenvalue weighted by Crippen LogP contribution is -2.03. The van der Waals surface area contributed by atoms with Gasteiger partial charge in [0.05, 0.1) is 7.11 Å². The molecule has 0 aliphatic heterocycles. The monoisotopic (exact) mass is 260 g/mol. The molecule has 0 bridgehead atoms. The summed E-state index contributed by atoms with van der Waals surface area (Å²) in [5.74, 6) is 0.825. The molecule has 0 saturated carbocycles. The Kier molecular flexibility index (Phi) is 4.15. The highest BCUT2D eigenvalue weighted by molar-refractivity contribution is 7.08.